The van der Waals surface area contributed by atoms with Gasteiger partial charge >= 0.3 is 5.97 Å². The molecule has 166 valence electrons. The number of benzene rings is 1. The minimum atomic E-state index is -3.04. The average molecular weight is 448 g/mol. The number of hydrogen-bond acceptors (Lipinski definition) is 7. The largest absolute Gasteiger partial charge is 0.490 e. The van der Waals surface area contributed by atoms with Gasteiger partial charge < -0.3 is 18.8 Å². The first-order valence-electron chi connectivity index (χ1n) is 10.2. The average Bonchev–Trinajstić information content (AvgIpc) is 3.12. The van der Waals surface area contributed by atoms with Crippen molar-refractivity contribution in [3.05, 3.63) is 46.8 Å². The Balaban J connectivity index is 1.44. The molecular formula is C22H25NO7S. The number of hydrogen-bond donors (Lipinski definition) is 0. The van der Waals surface area contributed by atoms with Gasteiger partial charge in [-0.1, -0.05) is 0 Å². The zero-order valence-electron chi connectivity index (χ0n) is 17.5. The zero-order valence-corrected chi connectivity index (χ0v) is 18.4. The van der Waals surface area contributed by atoms with Crippen molar-refractivity contribution in [1.82, 2.24) is 4.57 Å². The van der Waals surface area contributed by atoms with Gasteiger partial charge in [0.1, 0.15) is 0 Å². The van der Waals surface area contributed by atoms with Crippen LogP contribution in [0.2, 0.25) is 0 Å². The molecule has 0 radical (unpaired) electrons. The number of carbonyl (C=O) groups is 2. The summed E-state index contributed by atoms with van der Waals surface area (Å²) in [5.74, 6) is 0.337. The van der Waals surface area contributed by atoms with Gasteiger partial charge in [0.2, 0.25) is 5.78 Å². The lowest BCUT2D eigenvalue weighted by atomic mass is 10.1. The van der Waals surface area contributed by atoms with Gasteiger partial charge in [-0.3, -0.25) is 4.79 Å². The second-order valence-corrected chi connectivity index (χ2v) is 10.2. The molecule has 31 heavy (non-hydrogen) atoms. The molecule has 4 rings (SSSR count). The van der Waals surface area contributed by atoms with Crippen LogP contribution in [-0.2, 0) is 14.6 Å². The second-order valence-electron chi connectivity index (χ2n) is 7.92. The van der Waals surface area contributed by atoms with Crippen molar-refractivity contribution in [3.8, 4) is 11.5 Å². The maximum atomic E-state index is 12.7. The molecule has 1 aromatic heterocycles. The maximum Gasteiger partial charge on any atom is 0.338 e. The Labute approximate surface area is 181 Å². The molecule has 1 aromatic carbocycles. The smallest absolute Gasteiger partial charge is 0.338 e. The Bertz CT molecular complexity index is 1130. The molecule has 2 aliphatic rings. The Morgan fingerprint density at radius 3 is 2.58 bits per heavy atom. The summed E-state index contributed by atoms with van der Waals surface area (Å²) in [6, 6.07) is 6.34. The molecule has 0 amide bonds. The van der Waals surface area contributed by atoms with E-state index in [1.807, 2.05) is 11.5 Å². The Hall–Kier alpha value is -2.81. The first-order chi connectivity index (χ1) is 14.7. The van der Waals surface area contributed by atoms with Crippen LogP contribution in [-0.4, -0.2) is 56.1 Å². The van der Waals surface area contributed by atoms with E-state index in [0.29, 0.717) is 42.4 Å². The zero-order chi connectivity index (χ0) is 22.2. The van der Waals surface area contributed by atoms with E-state index in [0.717, 1.165) is 12.1 Å². The maximum absolute atomic E-state index is 12.7. The summed E-state index contributed by atoms with van der Waals surface area (Å²) in [6.07, 6.45) is 1.29. The van der Waals surface area contributed by atoms with E-state index < -0.39 is 22.4 Å². The lowest BCUT2D eigenvalue weighted by Gasteiger charge is -2.16. The summed E-state index contributed by atoms with van der Waals surface area (Å²) in [5.41, 5.74) is 2.22. The van der Waals surface area contributed by atoms with Crippen molar-refractivity contribution < 1.29 is 32.2 Å². The van der Waals surface area contributed by atoms with E-state index in [1.165, 1.54) is 0 Å². The van der Waals surface area contributed by atoms with Crippen molar-refractivity contribution >= 4 is 21.6 Å². The number of fused-ring (bicyclic) bond motifs is 1. The Kier molecular flexibility index (Phi) is 5.79. The van der Waals surface area contributed by atoms with Crippen molar-refractivity contribution in [1.29, 1.82) is 0 Å². The number of aryl methyl sites for hydroxylation is 1. The number of nitrogens with zero attached hydrogens (tertiary/aromatic N) is 1. The summed E-state index contributed by atoms with van der Waals surface area (Å²) in [7, 11) is -3.04. The molecular weight excluding hydrogens is 422 g/mol. The van der Waals surface area contributed by atoms with Crippen LogP contribution >= 0.6 is 0 Å². The third kappa shape index (κ3) is 4.46. The topological polar surface area (TPSA) is 101 Å². The lowest BCUT2D eigenvalue weighted by molar-refractivity contribution is 0.0474. The number of ether oxygens (including phenoxy) is 3. The molecule has 0 bridgehead atoms. The van der Waals surface area contributed by atoms with E-state index in [-0.39, 0.29) is 28.9 Å². The monoisotopic (exact) mass is 447 g/mol. The normalized spacial score (nSPS) is 19.6. The molecule has 1 saturated heterocycles. The third-order valence-corrected chi connectivity index (χ3v) is 7.43. The first kappa shape index (κ1) is 21.4. The molecule has 2 aliphatic heterocycles. The molecule has 3 heterocycles. The number of sulfone groups is 1. The van der Waals surface area contributed by atoms with E-state index in [2.05, 4.69) is 0 Å². The van der Waals surface area contributed by atoms with Gasteiger partial charge in [-0.25, -0.2) is 13.2 Å². The number of carbonyl (C=O) groups excluding carboxylic acids is 2. The molecule has 0 aliphatic carbocycles. The van der Waals surface area contributed by atoms with Crippen LogP contribution in [0.25, 0.3) is 0 Å². The summed E-state index contributed by atoms with van der Waals surface area (Å²) in [6.45, 7) is 4.29. The first-order valence-corrected chi connectivity index (χ1v) is 12.1. The SMILES string of the molecule is Cc1cc(C(=O)COC(=O)c2ccc3c(c2)OCCCO3)c(C)n1[C@H]1CCS(=O)(=O)C1. The van der Waals surface area contributed by atoms with Crippen LogP contribution in [0.4, 0.5) is 0 Å². The fourth-order valence-corrected chi connectivity index (χ4v) is 5.88. The fraction of sp³-hybridized carbons (Fsp3) is 0.455. The van der Waals surface area contributed by atoms with Gasteiger partial charge in [0, 0.05) is 29.4 Å². The van der Waals surface area contributed by atoms with Crippen LogP contribution in [0.5, 0.6) is 11.5 Å². The summed E-state index contributed by atoms with van der Waals surface area (Å²) in [5, 5.41) is 0. The Morgan fingerprint density at radius 1 is 1.13 bits per heavy atom. The van der Waals surface area contributed by atoms with Crippen molar-refractivity contribution in [2.24, 2.45) is 0 Å². The van der Waals surface area contributed by atoms with Crippen molar-refractivity contribution in [2.75, 3.05) is 31.3 Å². The van der Waals surface area contributed by atoms with Crippen LogP contribution in [0.15, 0.2) is 24.3 Å². The number of rotatable bonds is 5. The predicted molar refractivity (Wildman–Crippen MR) is 113 cm³/mol. The molecule has 1 fully saturated rings. The molecule has 8 nitrogen and oxygen atoms in total. The molecule has 0 unspecified atom stereocenters. The van der Waals surface area contributed by atoms with E-state index in [9.17, 15) is 18.0 Å². The molecule has 1 atom stereocenters. The van der Waals surface area contributed by atoms with Crippen molar-refractivity contribution in [2.45, 2.75) is 32.7 Å². The van der Waals surface area contributed by atoms with Gasteiger partial charge in [-0.05, 0) is 44.5 Å². The number of ketones is 1. The standard InChI is InChI=1S/C22H25NO7S/c1-14-10-18(15(2)23(14)17-6-9-31(26,27)13-17)19(24)12-30-22(25)16-4-5-20-21(11-16)29-8-3-7-28-20/h4-5,10-11,17H,3,6-9,12-13H2,1-2H3/t17-/m0/s1. The third-order valence-electron chi connectivity index (χ3n) is 5.68. The predicted octanol–water partition coefficient (Wildman–Crippen LogP) is 2.67. The molecule has 2 aromatic rings. The minimum Gasteiger partial charge on any atom is -0.490 e. The van der Waals surface area contributed by atoms with Crippen molar-refractivity contribution in [3.63, 3.8) is 0 Å². The van der Waals surface area contributed by atoms with Gasteiger partial charge in [-0.2, -0.15) is 0 Å². The molecule has 0 saturated carbocycles. The number of esters is 1. The Morgan fingerprint density at radius 2 is 1.87 bits per heavy atom. The molecule has 9 heteroatoms. The van der Waals surface area contributed by atoms with Crippen LogP contribution in [0.1, 0.15) is 51.0 Å². The highest BCUT2D eigenvalue weighted by Crippen LogP contribution is 2.31. The van der Waals surface area contributed by atoms with Gasteiger partial charge in [0.15, 0.2) is 27.9 Å². The minimum absolute atomic E-state index is 0.0795. The number of aromatic nitrogens is 1. The van der Waals surface area contributed by atoms with E-state index in [1.54, 1.807) is 31.2 Å². The molecule has 0 spiro atoms. The summed E-state index contributed by atoms with van der Waals surface area (Å²) in [4.78, 5) is 25.2. The number of Topliss-reactive ketones (excluding diaryl/α,β-unsaturated/α-hetero) is 1. The van der Waals surface area contributed by atoms with Gasteiger partial charge in [0.25, 0.3) is 0 Å². The van der Waals surface area contributed by atoms with Gasteiger partial charge in [0.05, 0.1) is 30.3 Å². The highest BCUT2D eigenvalue weighted by molar-refractivity contribution is 7.91. The quantitative estimate of drug-likeness (QED) is 0.513. The van der Waals surface area contributed by atoms with Gasteiger partial charge in [-0.15, -0.1) is 0 Å². The summed E-state index contributed by atoms with van der Waals surface area (Å²) < 4.78 is 42.0. The molecule has 0 N–H and O–H groups in total. The van der Waals surface area contributed by atoms with E-state index in [4.69, 9.17) is 14.2 Å². The second kappa shape index (κ2) is 8.37. The van der Waals surface area contributed by atoms with Crippen LogP contribution in [0, 0.1) is 13.8 Å². The summed E-state index contributed by atoms with van der Waals surface area (Å²) >= 11 is 0. The highest BCUT2D eigenvalue weighted by Gasteiger charge is 2.31. The van der Waals surface area contributed by atoms with Crippen LogP contribution in [0.3, 0.4) is 0 Å². The lowest BCUT2D eigenvalue weighted by Crippen LogP contribution is -2.17. The van der Waals surface area contributed by atoms with Crippen LogP contribution < -0.4 is 9.47 Å². The fourth-order valence-electron chi connectivity index (χ4n) is 4.18. The highest BCUT2D eigenvalue weighted by atomic mass is 32.2. The van der Waals surface area contributed by atoms with E-state index >= 15 is 0 Å².